The van der Waals surface area contributed by atoms with Gasteiger partial charge in [-0.25, -0.2) is 24.3 Å². The highest BCUT2D eigenvalue weighted by Crippen LogP contribution is 2.30. The van der Waals surface area contributed by atoms with Gasteiger partial charge in [0.05, 0.1) is 52.8 Å². The molecule has 0 aromatic carbocycles. The maximum Gasteiger partial charge on any atom is 0.323 e. The number of nitrogens with one attached hydrogen (secondary N) is 4. The molecular formula is C32H33Cl2N13O3. The van der Waals surface area contributed by atoms with Crippen LogP contribution >= 0.6 is 23.2 Å². The molecule has 0 radical (unpaired) electrons. The van der Waals surface area contributed by atoms with E-state index in [9.17, 15) is 14.4 Å². The minimum absolute atomic E-state index is 0.226. The maximum absolute atomic E-state index is 13.1. The molecule has 16 nitrogen and oxygen atoms in total. The Kier molecular flexibility index (Phi) is 9.56. The molecule has 4 amide bonds. The fraction of sp³-hybridized carbons (Fsp3) is 0.344. The average Bonchev–Trinajstić information content (AvgIpc) is 3.77. The first-order valence-corrected chi connectivity index (χ1v) is 16.9. The number of imide groups is 1. The molecular weight excluding hydrogens is 685 g/mol. The summed E-state index contributed by atoms with van der Waals surface area (Å²) in [5, 5.41) is 24.7. The molecule has 5 aromatic rings. The molecule has 2 atom stereocenters. The van der Waals surface area contributed by atoms with Gasteiger partial charge >= 0.3 is 6.03 Å². The molecule has 2 fully saturated rings. The number of fused-ring (bicyclic) bond motifs is 1. The molecule has 4 N–H and O–H groups in total. The first-order chi connectivity index (χ1) is 24.2. The lowest BCUT2D eigenvalue weighted by molar-refractivity contribution is -0.134. The van der Waals surface area contributed by atoms with E-state index in [1.54, 1.807) is 29.0 Å². The molecule has 1 unspecified atom stereocenters. The van der Waals surface area contributed by atoms with Crippen LogP contribution in [0.4, 0.5) is 22.0 Å². The highest BCUT2D eigenvalue weighted by Gasteiger charge is 2.29. The first-order valence-electron chi connectivity index (χ1n) is 16.1. The minimum Gasteiger partial charge on any atom is -0.357 e. The summed E-state index contributed by atoms with van der Waals surface area (Å²) >= 11 is 12.6. The molecule has 18 heteroatoms. The minimum atomic E-state index is -0.525. The van der Waals surface area contributed by atoms with Crippen LogP contribution in [0.1, 0.15) is 55.8 Å². The molecule has 0 bridgehead atoms. The largest absolute Gasteiger partial charge is 0.357 e. The molecule has 2 saturated heterocycles. The topological polar surface area (TPSA) is 189 Å². The van der Waals surface area contributed by atoms with E-state index in [1.165, 1.54) is 23.4 Å². The molecule has 0 aliphatic carbocycles. The van der Waals surface area contributed by atoms with E-state index in [2.05, 4.69) is 56.4 Å². The number of halogens is 2. The fourth-order valence-corrected chi connectivity index (χ4v) is 6.75. The molecule has 0 saturated carbocycles. The number of piperidine rings is 2. The monoisotopic (exact) mass is 717 g/mol. The van der Waals surface area contributed by atoms with Crippen LogP contribution in [0.5, 0.6) is 0 Å². The highest BCUT2D eigenvalue weighted by molar-refractivity contribution is 6.32. The third kappa shape index (κ3) is 7.22. The van der Waals surface area contributed by atoms with Crippen LogP contribution in [0.25, 0.3) is 11.5 Å². The molecule has 7 heterocycles. The molecule has 2 aliphatic rings. The third-order valence-corrected chi connectivity index (χ3v) is 9.36. The zero-order valence-electron chi connectivity index (χ0n) is 26.9. The number of aromatic nitrogens is 8. The van der Waals surface area contributed by atoms with Crippen LogP contribution in [-0.2, 0) is 9.59 Å². The second kappa shape index (κ2) is 14.3. The Bertz CT molecular complexity index is 2050. The molecule has 7 rings (SSSR count). The normalized spacial score (nSPS) is 17.5. The van der Waals surface area contributed by atoms with Crippen LogP contribution in [0.15, 0.2) is 55.2 Å². The predicted octanol–water partition coefficient (Wildman–Crippen LogP) is 4.14. The fourth-order valence-electron chi connectivity index (χ4n) is 6.33. The summed E-state index contributed by atoms with van der Waals surface area (Å²) in [7, 11) is 0. The Hall–Kier alpha value is -5.19. The molecule has 50 heavy (non-hydrogen) atoms. The summed E-state index contributed by atoms with van der Waals surface area (Å²) in [5.41, 5.74) is 2.92. The number of amides is 4. The van der Waals surface area contributed by atoms with Crippen molar-refractivity contribution in [2.45, 2.75) is 44.6 Å². The Morgan fingerprint density at radius 1 is 1.00 bits per heavy atom. The van der Waals surface area contributed by atoms with Gasteiger partial charge in [0.2, 0.25) is 11.8 Å². The number of urea groups is 1. The van der Waals surface area contributed by atoms with Gasteiger partial charge in [0.25, 0.3) is 0 Å². The predicted molar refractivity (Wildman–Crippen MR) is 186 cm³/mol. The number of hydrogen-bond donors (Lipinski definition) is 4. The number of anilines is 3. The van der Waals surface area contributed by atoms with Crippen LogP contribution in [0.3, 0.4) is 0 Å². The third-order valence-electron chi connectivity index (χ3n) is 8.90. The van der Waals surface area contributed by atoms with E-state index >= 15 is 0 Å². The van der Waals surface area contributed by atoms with Gasteiger partial charge in [-0.15, -0.1) is 4.80 Å². The van der Waals surface area contributed by atoms with Crippen LogP contribution < -0.4 is 26.2 Å². The number of nitrogens with zero attached hydrogens (tertiary/aromatic N) is 9. The van der Waals surface area contributed by atoms with E-state index < -0.39 is 6.03 Å². The van der Waals surface area contributed by atoms with Crippen molar-refractivity contribution in [2.24, 2.45) is 5.92 Å². The number of rotatable bonds is 9. The van der Waals surface area contributed by atoms with E-state index in [0.29, 0.717) is 47.3 Å². The number of pyridine rings is 2. The van der Waals surface area contributed by atoms with Gasteiger partial charge in [0.15, 0.2) is 16.6 Å². The van der Waals surface area contributed by atoms with Crippen molar-refractivity contribution in [3.05, 3.63) is 76.7 Å². The molecule has 5 aromatic heterocycles. The van der Waals surface area contributed by atoms with Gasteiger partial charge < -0.3 is 20.9 Å². The number of hydrogen-bond acceptors (Lipinski definition) is 11. The van der Waals surface area contributed by atoms with Crippen LogP contribution in [-0.4, -0.2) is 77.0 Å². The Labute approximate surface area is 296 Å². The second-order valence-electron chi connectivity index (χ2n) is 12.2. The summed E-state index contributed by atoms with van der Waals surface area (Å²) in [6.07, 6.45) is 10.5. The van der Waals surface area contributed by atoms with Gasteiger partial charge in [-0.2, -0.15) is 15.3 Å². The van der Waals surface area contributed by atoms with Gasteiger partial charge in [0.1, 0.15) is 5.82 Å². The standard InChI is InChI=1S/C32H33Cl2N13O3/c1-18(36-15-19-5-10-45(11-6-19)26-12-20(4-7-35-26)22-2-3-28(48)43-31(22)49)29-24(17-37-27-14-25(34)44-46(27)29)42-32(50)41-21-13-23(33)30(38-16-21)47-39-8-9-40-47/h4,7-9,12-14,16-19,22,36H,2-3,5-6,10-11,15H2,1H3,(H2,41,42,50)(H,43,48,49)/t18-,22?/m1/s1. The highest BCUT2D eigenvalue weighted by atomic mass is 35.5. The Morgan fingerprint density at radius 3 is 2.56 bits per heavy atom. The summed E-state index contributed by atoms with van der Waals surface area (Å²) in [4.78, 5) is 54.0. The molecule has 2 aliphatic heterocycles. The van der Waals surface area contributed by atoms with Gasteiger partial charge in [-0.3, -0.25) is 14.9 Å². The van der Waals surface area contributed by atoms with E-state index in [0.717, 1.165) is 43.9 Å². The maximum atomic E-state index is 13.1. The van der Waals surface area contributed by atoms with Gasteiger partial charge in [-0.1, -0.05) is 23.2 Å². The van der Waals surface area contributed by atoms with Crippen molar-refractivity contribution in [3.63, 3.8) is 0 Å². The number of carbonyl (C=O) groups is 3. The van der Waals surface area contributed by atoms with Gasteiger partial charge in [0, 0.05) is 37.8 Å². The smallest absolute Gasteiger partial charge is 0.323 e. The second-order valence-corrected chi connectivity index (χ2v) is 13.0. The van der Waals surface area contributed by atoms with Crippen molar-refractivity contribution in [2.75, 3.05) is 35.2 Å². The average molecular weight is 719 g/mol. The van der Waals surface area contributed by atoms with Crippen molar-refractivity contribution >= 4 is 63.9 Å². The SMILES string of the molecule is C[C@@H](NCC1CCN(c2cc(C3CCC(=O)NC3=O)ccn2)CC1)c1c(NC(=O)Nc2cnc(-n3nccn3)c(Cl)c2)cnc2cc(Cl)nn12. The van der Waals surface area contributed by atoms with E-state index in [-0.39, 0.29) is 33.9 Å². The van der Waals surface area contributed by atoms with Crippen molar-refractivity contribution in [1.29, 1.82) is 0 Å². The summed E-state index contributed by atoms with van der Waals surface area (Å²) in [6, 6.07) is 6.26. The zero-order chi connectivity index (χ0) is 34.8. The van der Waals surface area contributed by atoms with Gasteiger partial charge in [-0.05, 0) is 62.4 Å². The zero-order valence-corrected chi connectivity index (χ0v) is 28.4. The first kappa shape index (κ1) is 33.3. The lowest BCUT2D eigenvalue weighted by Crippen LogP contribution is -2.40. The van der Waals surface area contributed by atoms with Crippen molar-refractivity contribution in [3.8, 4) is 5.82 Å². The molecule has 258 valence electrons. The van der Waals surface area contributed by atoms with Crippen LogP contribution in [0.2, 0.25) is 10.2 Å². The quantitative estimate of drug-likeness (QED) is 0.160. The van der Waals surface area contributed by atoms with E-state index in [4.69, 9.17) is 23.2 Å². The summed E-state index contributed by atoms with van der Waals surface area (Å²) < 4.78 is 1.63. The Balaban J connectivity index is 0.984. The van der Waals surface area contributed by atoms with Crippen molar-refractivity contribution in [1.82, 2.24) is 50.2 Å². The van der Waals surface area contributed by atoms with Crippen LogP contribution in [0, 0.1) is 5.92 Å². The summed E-state index contributed by atoms with van der Waals surface area (Å²) in [6.45, 7) is 4.35. The summed E-state index contributed by atoms with van der Waals surface area (Å²) in [5.74, 6) is 0.729. The lowest BCUT2D eigenvalue weighted by Gasteiger charge is -2.34. The van der Waals surface area contributed by atoms with Crippen molar-refractivity contribution < 1.29 is 14.4 Å². The Morgan fingerprint density at radius 2 is 1.80 bits per heavy atom. The van der Waals surface area contributed by atoms with E-state index in [1.807, 2.05) is 19.1 Å². The number of carbonyl (C=O) groups excluding carboxylic acids is 3. The molecule has 0 spiro atoms. The lowest BCUT2D eigenvalue weighted by atomic mass is 9.91.